The van der Waals surface area contributed by atoms with E-state index in [0.717, 1.165) is 30.2 Å². The fourth-order valence-corrected chi connectivity index (χ4v) is 3.40. The molecule has 0 bridgehead atoms. The van der Waals surface area contributed by atoms with Crippen molar-refractivity contribution in [3.05, 3.63) is 24.4 Å². The number of amides is 1. The number of carbonyl (C=O) groups is 1. The second kappa shape index (κ2) is 15.5. The van der Waals surface area contributed by atoms with Gasteiger partial charge in [-0.3, -0.25) is 4.79 Å². The van der Waals surface area contributed by atoms with Crippen LogP contribution in [0.3, 0.4) is 0 Å². The highest BCUT2D eigenvalue weighted by molar-refractivity contribution is 7.99. The van der Waals surface area contributed by atoms with Gasteiger partial charge in [-0.05, 0) is 25.0 Å². The first-order valence-corrected chi connectivity index (χ1v) is 10.6. The fourth-order valence-electron chi connectivity index (χ4n) is 2.59. The molecular formula is C20H34N2OS. The van der Waals surface area contributed by atoms with E-state index >= 15 is 0 Å². The highest BCUT2D eigenvalue weighted by Crippen LogP contribution is 2.14. The van der Waals surface area contributed by atoms with Crippen LogP contribution in [0.15, 0.2) is 29.4 Å². The molecule has 1 N–H and O–H groups in total. The summed E-state index contributed by atoms with van der Waals surface area (Å²) in [6, 6.07) is 5.95. The zero-order valence-electron chi connectivity index (χ0n) is 15.3. The molecule has 1 aromatic rings. The van der Waals surface area contributed by atoms with Crippen LogP contribution in [0, 0.1) is 0 Å². The predicted octanol–water partition coefficient (Wildman–Crippen LogP) is 5.60. The number of hydrogen-bond acceptors (Lipinski definition) is 3. The van der Waals surface area contributed by atoms with Crippen molar-refractivity contribution >= 4 is 17.7 Å². The molecule has 0 atom stereocenters. The monoisotopic (exact) mass is 350 g/mol. The molecule has 4 heteroatoms. The van der Waals surface area contributed by atoms with Crippen molar-refractivity contribution in [2.45, 2.75) is 82.6 Å². The molecule has 0 aliphatic carbocycles. The topological polar surface area (TPSA) is 42.0 Å². The summed E-state index contributed by atoms with van der Waals surface area (Å²) >= 11 is 1.74. The van der Waals surface area contributed by atoms with Crippen molar-refractivity contribution in [1.82, 2.24) is 10.3 Å². The summed E-state index contributed by atoms with van der Waals surface area (Å²) in [5.41, 5.74) is 0. The minimum Gasteiger partial charge on any atom is -0.356 e. The second-order valence-electron chi connectivity index (χ2n) is 6.30. The highest BCUT2D eigenvalue weighted by atomic mass is 32.2. The lowest BCUT2D eigenvalue weighted by Gasteiger charge is -2.05. The number of thioether (sulfide) groups is 1. The molecule has 0 spiro atoms. The zero-order valence-corrected chi connectivity index (χ0v) is 16.1. The number of aromatic nitrogens is 1. The molecule has 0 radical (unpaired) electrons. The van der Waals surface area contributed by atoms with Crippen LogP contribution in [-0.4, -0.2) is 23.2 Å². The van der Waals surface area contributed by atoms with Crippen molar-refractivity contribution < 1.29 is 4.79 Å². The van der Waals surface area contributed by atoms with E-state index in [2.05, 4.69) is 17.2 Å². The molecule has 0 aromatic carbocycles. The fraction of sp³-hybridized carbons (Fsp3) is 0.700. The summed E-state index contributed by atoms with van der Waals surface area (Å²) in [6.45, 7) is 3.03. The van der Waals surface area contributed by atoms with E-state index in [-0.39, 0.29) is 5.91 Å². The van der Waals surface area contributed by atoms with Crippen LogP contribution in [0.1, 0.15) is 77.6 Å². The molecule has 136 valence electrons. The third kappa shape index (κ3) is 12.4. The number of nitrogens with zero attached hydrogens (tertiary/aromatic N) is 1. The molecule has 1 amide bonds. The standard InChI is InChI=1S/C20H34N2OS/c1-2-3-4-5-6-7-8-9-10-14-19(23)21-17-13-18-24-20-15-11-12-16-22-20/h11-12,15-16H,2-10,13-14,17-18H2,1H3,(H,21,23). The maximum absolute atomic E-state index is 11.8. The van der Waals surface area contributed by atoms with Crippen LogP contribution >= 0.6 is 11.8 Å². The van der Waals surface area contributed by atoms with Gasteiger partial charge in [0, 0.05) is 24.9 Å². The lowest BCUT2D eigenvalue weighted by Crippen LogP contribution is -2.24. The van der Waals surface area contributed by atoms with Gasteiger partial charge >= 0.3 is 0 Å². The molecule has 0 aliphatic heterocycles. The average molecular weight is 351 g/mol. The third-order valence-corrected chi connectivity index (χ3v) is 5.07. The Hall–Kier alpha value is -1.03. The lowest BCUT2D eigenvalue weighted by molar-refractivity contribution is -0.121. The smallest absolute Gasteiger partial charge is 0.219 e. The molecule has 0 saturated carbocycles. The van der Waals surface area contributed by atoms with Gasteiger partial charge in [0.05, 0.1) is 5.03 Å². The van der Waals surface area contributed by atoms with E-state index in [9.17, 15) is 4.79 Å². The molecule has 3 nitrogen and oxygen atoms in total. The van der Waals surface area contributed by atoms with Gasteiger partial charge < -0.3 is 5.32 Å². The summed E-state index contributed by atoms with van der Waals surface area (Å²) < 4.78 is 0. The number of pyridine rings is 1. The van der Waals surface area contributed by atoms with Crippen LogP contribution in [0.25, 0.3) is 0 Å². The zero-order chi connectivity index (χ0) is 17.3. The molecule has 1 heterocycles. The van der Waals surface area contributed by atoms with E-state index in [1.807, 2.05) is 24.4 Å². The first-order chi connectivity index (χ1) is 11.8. The van der Waals surface area contributed by atoms with Crippen LogP contribution in [-0.2, 0) is 4.79 Å². The summed E-state index contributed by atoms with van der Waals surface area (Å²) in [5.74, 6) is 1.20. The van der Waals surface area contributed by atoms with Crippen molar-refractivity contribution in [2.24, 2.45) is 0 Å². The Morgan fingerprint density at radius 2 is 1.71 bits per heavy atom. The maximum Gasteiger partial charge on any atom is 0.219 e. The number of nitrogens with one attached hydrogen (secondary N) is 1. The summed E-state index contributed by atoms with van der Waals surface area (Å²) in [7, 11) is 0. The van der Waals surface area contributed by atoms with E-state index in [4.69, 9.17) is 0 Å². The maximum atomic E-state index is 11.8. The first kappa shape index (κ1) is 21.0. The Morgan fingerprint density at radius 3 is 2.38 bits per heavy atom. The number of hydrogen-bond donors (Lipinski definition) is 1. The van der Waals surface area contributed by atoms with Crippen LogP contribution < -0.4 is 5.32 Å². The first-order valence-electron chi connectivity index (χ1n) is 9.63. The number of carbonyl (C=O) groups excluding carboxylic acids is 1. The predicted molar refractivity (Wildman–Crippen MR) is 104 cm³/mol. The van der Waals surface area contributed by atoms with Crippen LogP contribution in [0.4, 0.5) is 0 Å². The average Bonchev–Trinajstić information content (AvgIpc) is 2.61. The van der Waals surface area contributed by atoms with Crippen LogP contribution in [0.5, 0.6) is 0 Å². The Kier molecular flexibility index (Phi) is 13.6. The third-order valence-electron chi connectivity index (χ3n) is 4.04. The van der Waals surface area contributed by atoms with Gasteiger partial charge in [-0.2, -0.15) is 0 Å². The van der Waals surface area contributed by atoms with Crippen molar-refractivity contribution in [2.75, 3.05) is 12.3 Å². The van der Waals surface area contributed by atoms with Gasteiger partial charge in [-0.25, -0.2) is 4.98 Å². The van der Waals surface area contributed by atoms with Crippen molar-refractivity contribution in [3.8, 4) is 0 Å². The quantitative estimate of drug-likeness (QED) is 0.331. The molecule has 0 unspecified atom stereocenters. The molecule has 0 saturated heterocycles. The number of rotatable bonds is 15. The Bertz CT molecular complexity index is 411. The van der Waals surface area contributed by atoms with Gasteiger partial charge in [-0.1, -0.05) is 64.4 Å². The van der Waals surface area contributed by atoms with Gasteiger partial charge in [-0.15, -0.1) is 11.8 Å². The van der Waals surface area contributed by atoms with E-state index in [0.29, 0.717) is 6.42 Å². The van der Waals surface area contributed by atoms with E-state index in [1.165, 1.54) is 51.4 Å². The molecule has 24 heavy (non-hydrogen) atoms. The van der Waals surface area contributed by atoms with E-state index < -0.39 is 0 Å². The number of unbranched alkanes of at least 4 members (excludes halogenated alkanes) is 8. The second-order valence-corrected chi connectivity index (χ2v) is 7.41. The van der Waals surface area contributed by atoms with Crippen LogP contribution in [0.2, 0.25) is 0 Å². The molecule has 0 aliphatic rings. The largest absolute Gasteiger partial charge is 0.356 e. The lowest BCUT2D eigenvalue weighted by atomic mass is 10.1. The normalized spacial score (nSPS) is 10.7. The van der Waals surface area contributed by atoms with Crippen molar-refractivity contribution in [3.63, 3.8) is 0 Å². The van der Waals surface area contributed by atoms with E-state index in [1.54, 1.807) is 11.8 Å². The molecule has 0 fully saturated rings. The Labute approximate surface area is 152 Å². The Balaban J connectivity index is 1.83. The highest BCUT2D eigenvalue weighted by Gasteiger charge is 2.01. The summed E-state index contributed by atoms with van der Waals surface area (Å²) in [5, 5.41) is 4.08. The van der Waals surface area contributed by atoms with Gasteiger partial charge in [0.1, 0.15) is 0 Å². The Morgan fingerprint density at radius 1 is 1.00 bits per heavy atom. The minimum absolute atomic E-state index is 0.209. The molecular weight excluding hydrogens is 316 g/mol. The van der Waals surface area contributed by atoms with Crippen molar-refractivity contribution in [1.29, 1.82) is 0 Å². The summed E-state index contributed by atoms with van der Waals surface area (Å²) in [6.07, 6.45) is 15.1. The minimum atomic E-state index is 0.209. The van der Waals surface area contributed by atoms with Gasteiger partial charge in [0.2, 0.25) is 5.91 Å². The van der Waals surface area contributed by atoms with Gasteiger partial charge in [0.15, 0.2) is 0 Å². The summed E-state index contributed by atoms with van der Waals surface area (Å²) in [4.78, 5) is 16.0. The SMILES string of the molecule is CCCCCCCCCCCC(=O)NCCCSc1ccccn1. The molecule has 1 rings (SSSR count). The van der Waals surface area contributed by atoms with Gasteiger partial charge in [0.25, 0.3) is 0 Å². The molecule has 1 aromatic heterocycles.